The second-order valence-electron chi connectivity index (χ2n) is 13.0. The predicted molar refractivity (Wildman–Crippen MR) is 122 cm³/mol. The molecule has 0 saturated carbocycles. The fourth-order valence-corrected chi connectivity index (χ4v) is 5.37. The van der Waals surface area contributed by atoms with Crippen molar-refractivity contribution in [3.8, 4) is 0 Å². The van der Waals surface area contributed by atoms with Gasteiger partial charge in [-0.25, -0.2) is 14.2 Å². The van der Waals surface area contributed by atoms with Crippen molar-refractivity contribution in [2.24, 2.45) is 0 Å². The van der Waals surface area contributed by atoms with Gasteiger partial charge in [0.1, 0.15) is 0 Å². The Kier molecular flexibility index (Phi) is 16.6. The molecular formula is C22F48O3Si. The van der Waals surface area contributed by atoms with Crippen LogP contribution in [0.4, 0.5) is 210 Å². The average Bonchev–Trinajstić information content (AvgIpc) is 3.10. The fourth-order valence-electron chi connectivity index (χ4n) is 3.87. The number of halogens is 48. The van der Waals surface area contributed by atoms with Crippen molar-refractivity contribution in [1.82, 2.24) is 0 Å². The summed E-state index contributed by atoms with van der Waals surface area (Å²) in [4.78, 5) is 0. The molecule has 0 saturated heterocycles. The minimum absolute atomic E-state index is 0.690. The molecule has 0 bridgehead atoms. The monoisotopic (exact) mass is 1250 g/mol. The summed E-state index contributed by atoms with van der Waals surface area (Å²) < 4.78 is 655. The van der Waals surface area contributed by atoms with Crippen molar-refractivity contribution in [2.45, 2.75) is 131 Å². The Morgan fingerprint density at radius 2 is 0.324 bits per heavy atom. The third-order valence-electron chi connectivity index (χ3n) is 8.04. The van der Waals surface area contributed by atoms with Crippen LogP contribution in [0.5, 0.6) is 0 Å². The molecular weight excluding hydrogens is 1250 g/mol. The Hall–Kier alpha value is -3.26. The van der Waals surface area contributed by atoms with E-state index in [1.165, 1.54) is 0 Å². The van der Waals surface area contributed by atoms with Crippen molar-refractivity contribution in [1.29, 1.82) is 0 Å². The third kappa shape index (κ3) is 9.14. The fraction of sp³-hybridized carbons (Fsp3) is 1.00. The predicted octanol–water partition coefficient (Wildman–Crippen LogP) is 15.1. The Labute approximate surface area is 365 Å². The van der Waals surface area contributed by atoms with Crippen LogP contribution in [-0.2, 0) is 14.2 Å². The summed E-state index contributed by atoms with van der Waals surface area (Å²) in [7, 11) is -13.0. The van der Waals surface area contributed by atoms with Gasteiger partial charge < -0.3 is 0 Å². The van der Waals surface area contributed by atoms with Crippen LogP contribution in [-0.4, -0.2) is 140 Å². The van der Waals surface area contributed by atoms with Crippen LogP contribution in [0.3, 0.4) is 0 Å². The van der Waals surface area contributed by atoms with Crippen LogP contribution in [0.25, 0.3) is 0 Å². The van der Waals surface area contributed by atoms with Crippen LogP contribution < -0.4 is 0 Å². The summed E-state index contributed by atoms with van der Waals surface area (Å²) >= 11 is 0. The van der Waals surface area contributed by atoms with Gasteiger partial charge in [-0.05, 0) is 0 Å². The van der Waals surface area contributed by atoms with Gasteiger partial charge in [0.05, 0.1) is 0 Å². The lowest BCUT2D eigenvalue weighted by Gasteiger charge is -2.48. The number of alkyl halides is 46. The zero-order chi connectivity index (χ0) is 61.6. The van der Waals surface area contributed by atoms with Crippen molar-refractivity contribution in [2.75, 3.05) is 0 Å². The molecule has 52 heteroatoms. The first-order valence-electron chi connectivity index (χ1n) is 15.0. The molecule has 0 atom stereocenters. The highest BCUT2D eigenvalue weighted by molar-refractivity contribution is 6.71. The summed E-state index contributed by atoms with van der Waals surface area (Å²) in [5.41, 5.74) is -21.4. The molecule has 0 aromatic carbocycles. The van der Waals surface area contributed by atoms with Gasteiger partial charge in [0.2, 0.25) is 0 Å². The first-order chi connectivity index (χ1) is 30.9. The lowest BCUT2D eigenvalue weighted by atomic mass is 9.90. The first kappa shape index (κ1) is 70.7. The smallest absolute Gasteiger partial charge is 0.257 e. The molecule has 0 aromatic rings. The number of hydrogen-bond donors (Lipinski definition) is 0. The summed E-state index contributed by atoms with van der Waals surface area (Å²) in [6, 6.07) is 0. The van der Waals surface area contributed by atoms with Crippen molar-refractivity contribution in [3.05, 3.63) is 0 Å². The molecule has 0 rings (SSSR count). The molecule has 74 heavy (non-hydrogen) atoms. The van der Waals surface area contributed by atoms with E-state index in [4.69, 9.17) is 0 Å². The van der Waals surface area contributed by atoms with Gasteiger partial charge in [0.15, 0.2) is 0 Å². The Morgan fingerprint density at radius 3 is 0.486 bits per heavy atom. The molecule has 0 spiro atoms. The largest absolute Gasteiger partial charge is 0.574 e. The van der Waals surface area contributed by atoms with E-state index in [1.54, 1.807) is 0 Å². The summed E-state index contributed by atoms with van der Waals surface area (Å²) in [5.74, 6) is -136. The van der Waals surface area contributed by atoms with Crippen molar-refractivity contribution < 1.29 is 224 Å². The van der Waals surface area contributed by atoms with Crippen LogP contribution in [0.15, 0.2) is 0 Å². The Bertz CT molecular complexity index is 1920. The number of ether oxygens (including phenoxy) is 3. The average molecular weight is 1250 g/mol. The molecule has 0 heterocycles. The molecule has 0 aliphatic carbocycles. The molecule has 0 fully saturated rings. The maximum Gasteiger partial charge on any atom is 0.574 e. The standard InChI is InChI=1S/C22F48O3Si/c23-1(24,5(31,32)9(39,40)13(47,48)49)2(25,26)6(33,34)10(41,42)20(65,66)74(69,70)21(67,68)11(43,44)7(35,36)3(27,28)4(29,30)8(37,38)12(45,46)22(71-17(59,60)14(50,51)52,72-18(61,62)15(53,54)55)73-19(63,64)16(56,57)58. The van der Waals surface area contributed by atoms with Crippen molar-refractivity contribution >= 4 is 8.74 Å². The summed E-state index contributed by atoms with van der Waals surface area (Å²) in [6.07, 6.45) is -62.3. The number of rotatable bonds is 21. The Morgan fingerprint density at radius 1 is 0.176 bits per heavy atom. The van der Waals surface area contributed by atoms with Gasteiger partial charge in [-0.15, -0.1) is 0 Å². The quantitative estimate of drug-likeness (QED) is 0.0496. The molecule has 0 aromatic heterocycles. The van der Waals surface area contributed by atoms with Gasteiger partial charge in [-0.1, -0.05) is 0 Å². The molecule has 3 nitrogen and oxygen atoms in total. The maximum atomic E-state index is 14.9. The van der Waals surface area contributed by atoms with Gasteiger partial charge in [0, 0.05) is 0 Å². The second kappa shape index (κ2) is 17.4. The molecule has 446 valence electrons. The topological polar surface area (TPSA) is 27.7 Å². The highest BCUT2D eigenvalue weighted by Gasteiger charge is 3.04. The second-order valence-corrected chi connectivity index (χ2v) is 15.4. The molecule has 0 radical (unpaired) electrons. The van der Waals surface area contributed by atoms with E-state index in [0.717, 1.165) is 0 Å². The van der Waals surface area contributed by atoms with E-state index < -0.39 is 140 Å². The van der Waals surface area contributed by atoms with Gasteiger partial charge in [-0.2, -0.15) is 202 Å². The molecule has 0 amide bonds. The zero-order valence-electron chi connectivity index (χ0n) is 30.9. The van der Waals surface area contributed by atoms with E-state index in [9.17, 15) is 210 Å². The van der Waals surface area contributed by atoms with E-state index in [2.05, 4.69) is 0 Å². The lowest BCUT2D eigenvalue weighted by molar-refractivity contribution is -0.632. The minimum Gasteiger partial charge on any atom is -0.257 e. The highest BCUT2D eigenvalue weighted by atomic mass is 28.4. The van der Waals surface area contributed by atoms with Gasteiger partial charge in [-0.3, -0.25) is 8.22 Å². The zero-order valence-corrected chi connectivity index (χ0v) is 31.9. The van der Waals surface area contributed by atoms with Crippen LogP contribution in [0, 0.1) is 0 Å². The molecule has 0 aliphatic heterocycles. The summed E-state index contributed by atoms with van der Waals surface area (Å²) in [5, 5.41) is 0. The lowest BCUT2D eigenvalue weighted by Crippen LogP contribution is -2.82. The van der Waals surface area contributed by atoms with Crippen LogP contribution >= 0.6 is 0 Å². The van der Waals surface area contributed by atoms with Crippen molar-refractivity contribution in [3.63, 3.8) is 0 Å². The van der Waals surface area contributed by atoms with E-state index in [1.807, 2.05) is 0 Å². The molecule has 0 aliphatic rings. The van der Waals surface area contributed by atoms with Gasteiger partial charge >= 0.3 is 140 Å². The third-order valence-corrected chi connectivity index (χ3v) is 10.2. The van der Waals surface area contributed by atoms with Gasteiger partial charge in [0.25, 0.3) is 0 Å². The normalized spacial score (nSPS) is 17.4. The molecule has 0 unspecified atom stereocenters. The highest BCUT2D eigenvalue weighted by Crippen LogP contribution is 2.70. The summed E-state index contributed by atoms with van der Waals surface area (Å²) in [6.45, 7) is 0. The molecule has 0 N–H and O–H groups in total. The Balaban J connectivity index is 8.73. The van der Waals surface area contributed by atoms with Crippen LogP contribution in [0.1, 0.15) is 0 Å². The van der Waals surface area contributed by atoms with E-state index in [0.29, 0.717) is 14.2 Å². The minimum atomic E-state index is -13.0. The van der Waals surface area contributed by atoms with E-state index >= 15 is 0 Å². The first-order valence-corrected chi connectivity index (χ1v) is 16.8. The SMILES string of the molecule is FC(F)(F)C(F)(F)OC(OC(F)(F)C(F)(F)F)(OC(F)(F)C(F)(F)F)C(F)(F)C(F)(F)C(F)(F)C(F)(F)C(F)(F)C(F)(F)C(F)(F)[Si](F)(F)C(F)(F)C(F)(F)C(F)(F)C(F)(F)C(F)(F)C(F)(F)C(F)(F)C(F)(F)F. The maximum absolute atomic E-state index is 14.9. The number of hydrogen-bond acceptors (Lipinski definition) is 3. The van der Waals surface area contributed by atoms with E-state index in [-0.39, 0.29) is 0 Å². The van der Waals surface area contributed by atoms with Crippen LogP contribution in [0.2, 0.25) is 0 Å².